The Kier molecular flexibility index (Phi) is 3.99. The van der Waals surface area contributed by atoms with Crippen molar-refractivity contribution >= 4 is 33.4 Å². The van der Waals surface area contributed by atoms with Gasteiger partial charge in [0, 0.05) is 15.1 Å². The molecule has 0 aromatic heterocycles. The molecule has 4 heteroatoms. The third kappa shape index (κ3) is 3.06. The number of hydrogen-bond acceptors (Lipinski definition) is 1. The highest BCUT2D eigenvalue weighted by Gasteiger charge is 2.05. The Balaban J connectivity index is 2.85. The van der Waals surface area contributed by atoms with E-state index in [-0.39, 0.29) is 12.5 Å². The fraction of sp³-hybridized carbons (Fsp3) is 0.100. The van der Waals surface area contributed by atoms with Crippen molar-refractivity contribution in [1.29, 1.82) is 0 Å². The van der Waals surface area contributed by atoms with E-state index in [1.165, 1.54) is 0 Å². The van der Waals surface area contributed by atoms with Crippen LogP contribution in [0.4, 0.5) is 0 Å². The first-order valence-electron chi connectivity index (χ1n) is 3.81. The average Bonchev–Trinajstić information content (AvgIpc) is 2.12. The van der Waals surface area contributed by atoms with Crippen LogP contribution in [0.3, 0.4) is 0 Å². The van der Waals surface area contributed by atoms with Gasteiger partial charge in [-0.1, -0.05) is 33.5 Å². The van der Waals surface area contributed by atoms with Gasteiger partial charge < -0.3 is 5.32 Å². The Hall–Kier alpha value is -0.980. The number of carbonyl (C=O) groups excluding carboxylic acids is 1. The number of halogens is 2. The maximum atomic E-state index is 11.4. The number of nitrogens with one attached hydrogen (secondary N) is 1. The van der Waals surface area contributed by atoms with Gasteiger partial charge in [-0.3, -0.25) is 4.79 Å². The molecule has 0 aliphatic heterocycles. The van der Waals surface area contributed by atoms with Crippen LogP contribution in [0.15, 0.2) is 22.7 Å². The molecule has 0 heterocycles. The van der Waals surface area contributed by atoms with Gasteiger partial charge >= 0.3 is 0 Å². The second-order valence-corrected chi connectivity index (χ2v) is 3.90. The van der Waals surface area contributed by atoms with Crippen molar-refractivity contribution < 1.29 is 4.79 Å². The molecule has 0 radical (unpaired) electrons. The molecule has 1 N–H and O–H groups in total. The van der Waals surface area contributed by atoms with Crippen molar-refractivity contribution in [3.63, 3.8) is 0 Å². The van der Waals surface area contributed by atoms with Crippen LogP contribution in [0.5, 0.6) is 0 Å². The van der Waals surface area contributed by atoms with Crippen LogP contribution in [0.1, 0.15) is 10.4 Å². The number of rotatable bonds is 2. The first-order valence-corrected chi connectivity index (χ1v) is 4.98. The maximum Gasteiger partial charge on any atom is 0.252 e. The van der Waals surface area contributed by atoms with Gasteiger partial charge in [0.25, 0.3) is 5.91 Å². The van der Waals surface area contributed by atoms with Crippen LogP contribution in [0.2, 0.25) is 5.02 Å². The smallest absolute Gasteiger partial charge is 0.252 e. The van der Waals surface area contributed by atoms with Crippen LogP contribution >= 0.6 is 27.5 Å². The molecule has 0 atom stereocenters. The Morgan fingerprint density at radius 2 is 2.29 bits per heavy atom. The van der Waals surface area contributed by atoms with Crippen LogP contribution in [0.25, 0.3) is 0 Å². The van der Waals surface area contributed by atoms with Gasteiger partial charge in [0.1, 0.15) is 0 Å². The zero-order chi connectivity index (χ0) is 10.6. The summed E-state index contributed by atoms with van der Waals surface area (Å²) in [4.78, 5) is 11.4. The van der Waals surface area contributed by atoms with E-state index in [0.29, 0.717) is 10.6 Å². The van der Waals surface area contributed by atoms with E-state index in [1.807, 2.05) is 0 Å². The minimum Gasteiger partial charge on any atom is -0.341 e. The largest absolute Gasteiger partial charge is 0.341 e. The minimum absolute atomic E-state index is 0.211. The van der Waals surface area contributed by atoms with E-state index in [2.05, 4.69) is 27.2 Å². The number of benzene rings is 1. The average molecular weight is 273 g/mol. The minimum atomic E-state index is -0.230. The van der Waals surface area contributed by atoms with Gasteiger partial charge in [0.05, 0.1) is 6.54 Å². The second-order valence-electron chi connectivity index (χ2n) is 2.54. The van der Waals surface area contributed by atoms with Crippen molar-refractivity contribution in [3.05, 3.63) is 33.3 Å². The fourth-order valence-electron chi connectivity index (χ4n) is 0.918. The molecule has 0 saturated carbocycles. The summed E-state index contributed by atoms with van der Waals surface area (Å²) in [5.74, 6) is 2.09. The van der Waals surface area contributed by atoms with Crippen LogP contribution < -0.4 is 5.32 Å². The fourth-order valence-corrected chi connectivity index (χ4v) is 1.78. The number of hydrogen-bond donors (Lipinski definition) is 1. The molecule has 1 aromatic carbocycles. The highest BCUT2D eigenvalue weighted by molar-refractivity contribution is 9.10. The molecule has 1 amide bonds. The van der Waals surface area contributed by atoms with Crippen LogP contribution in [-0.4, -0.2) is 12.5 Å². The number of amides is 1. The van der Waals surface area contributed by atoms with Gasteiger partial charge in [-0.2, -0.15) is 0 Å². The van der Waals surface area contributed by atoms with E-state index in [9.17, 15) is 4.79 Å². The topological polar surface area (TPSA) is 29.1 Å². The lowest BCUT2D eigenvalue weighted by Crippen LogP contribution is -2.23. The molecule has 14 heavy (non-hydrogen) atoms. The standard InChI is InChI=1S/C10H7BrClNO/c1-2-3-13-10(14)7-4-8(11)6-9(12)5-7/h1,4-6H,3H2,(H,13,14). The van der Waals surface area contributed by atoms with E-state index < -0.39 is 0 Å². The monoisotopic (exact) mass is 271 g/mol. The van der Waals surface area contributed by atoms with Gasteiger partial charge in [-0.25, -0.2) is 0 Å². The first-order chi connectivity index (χ1) is 6.63. The van der Waals surface area contributed by atoms with Crippen LogP contribution in [-0.2, 0) is 0 Å². The molecule has 1 aromatic rings. The summed E-state index contributed by atoms with van der Waals surface area (Å²) in [6.07, 6.45) is 5.01. The summed E-state index contributed by atoms with van der Waals surface area (Å²) < 4.78 is 0.760. The highest BCUT2D eigenvalue weighted by atomic mass is 79.9. The normalized spacial score (nSPS) is 9.21. The predicted octanol–water partition coefficient (Wildman–Crippen LogP) is 2.47. The molecule has 0 aliphatic rings. The third-order valence-electron chi connectivity index (χ3n) is 1.48. The lowest BCUT2D eigenvalue weighted by atomic mass is 10.2. The van der Waals surface area contributed by atoms with Gasteiger partial charge in [0.2, 0.25) is 0 Å². The maximum absolute atomic E-state index is 11.4. The summed E-state index contributed by atoms with van der Waals surface area (Å²) >= 11 is 9.02. The van der Waals surface area contributed by atoms with E-state index in [1.54, 1.807) is 18.2 Å². The third-order valence-corrected chi connectivity index (χ3v) is 2.15. The molecule has 0 fully saturated rings. The van der Waals surface area contributed by atoms with Gasteiger partial charge in [-0.15, -0.1) is 6.42 Å². The zero-order valence-electron chi connectivity index (χ0n) is 7.18. The van der Waals surface area contributed by atoms with Crippen molar-refractivity contribution in [3.8, 4) is 12.3 Å². The lowest BCUT2D eigenvalue weighted by Gasteiger charge is -2.02. The van der Waals surface area contributed by atoms with Crippen molar-refractivity contribution in [1.82, 2.24) is 5.32 Å². The molecular weight excluding hydrogens is 265 g/mol. The molecule has 0 unspecified atom stereocenters. The molecule has 0 saturated heterocycles. The van der Waals surface area contributed by atoms with Crippen molar-refractivity contribution in [2.45, 2.75) is 0 Å². The lowest BCUT2D eigenvalue weighted by molar-refractivity contribution is 0.0958. The Morgan fingerprint density at radius 3 is 2.86 bits per heavy atom. The molecule has 1 rings (SSSR count). The molecular formula is C10H7BrClNO. The second kappa shape index (κ2) is 5.04. The summed E-state index contributed by atoms with van der Waals surface area (Å²) in [5, 5.41) is 3.05. The van der Waals surface area contributed by atoms with Crippen molar-refractivity contribution in [2.75, 3.05) is 6.54 Å². The van der Waals surface area contributed by atoms with Gasteiger partial charge in [-0.05, 0) is 18.2 Å². The van der Waals surface area contributed by atoms with Crippen LogP contribution in [0, 0.1) is 12.3 Å². The highest BCUT2D eigenvalue weighted by Crippen LogP contribution is 2.19. The zero-order valence-corrected chi connectivity index (χ0v) is 9.52. The number of terminal acetylenes is 1. The Labute approximate surface area is 95.8 Å². The van der Waals surface area contributed by atoms with E-state index in [4.69, 9.17) is 18.0 Å². The quantitative estimate of drug-likeness (QED) is 0.823. The summed E-state index contributed by atoms with van der Waals surface area (Å²) in [6, 6.07) is 4.97. The van der Waals surface area contributed by atoms with E-state index in [0.717, 1.165) is 4.47 Å². The molecule has 0 spiro atoms. The molecule has 0 aliphatic carbocycles. The summed E-state index contributed by atoms with van der Waals surface area (Å²) in [6.45, 7) is 0.211. The Bertz CT molecular complexity index is 377. The summed E-state index contributed by atoms with van der Waals surface area (Å²) in [5.41, 5.74) is 0.486. The first kappa shape index (κ1) is 11.1. The number of carbonyl (C=O) groups is 1. The molecule has 72 valence electrons. The molecule has 2 nitrogen and oxygen atoms in total. The SMILES string of the molecule is C#CCNC(=O)c1cc(Cl)cc(Br)c1. The molecule has 0 bridgehead atoms. The van der Waals surface area contributed by atoms with E-state index >= 15 is 0 Å². The predicted molar refractivity (Wildman–Crippen MR) is 60.3 cm³/mol. The Morgan fingerprint density at radius 1 is 1.57 bits per heavy atom. The summed E-state index contributed by atoms with van der Waals surface area (Å²) in [7, 11) is 0. The van der Waals surface area contributed by atoms with Gasteiger partial charge in [0.15, 0.2) is 0 Å². The van der Waals surface area contributed by atoms with Crippen molar-refractivity contribution in [2.24, 2.45) is 0 Å².